The smallest absolute Gasteiger partial charge is 0.251 e. The number of amides is 2. The molecule has 39 heavy (non-hydrogen) atoms. The van der Waals surface area contributed by atoms with Crippen LogP contribution in [0.5, 0.6) is 0 Å². The van der Waals surface area contributed by atoms with Gasteiger partial charge < -0.3 is 21.3 Å². The number of nitrogens with two attached hydrogens (primary N) is 1. The number of nitrogens with zero attached hydrogens (tertiary/aromatic N) is 2. The Balaban J connectivity index is 1.29. The summed E-state index contributed by atoms with van der Waals surface area (Å²) in [6.45, 7) is 0.629. The van der Waals surface area contributed by atoms with Crippen molar-refractivity contribution in [3.8, 4) is 0 Å². The van der Waals surface area contributed by atoms with E-state index in [-0.39, 0.29) is 40.9 Å². The Kier molecular flexibility index (Phi) is 7.81. The molecule has 0 bridgehead atoms. The molecular weight excluding hydrogens is 504 g/mol. The van der Waals surface area contributed by atoms with Gasteiger partial charge >= 0.3 is 0 Å². The monoisotopic (exact) mass is 539 g/mol. The average molecular weight is 540 g/mol. The van der Waals surface area contributed by atoms with Crippen molar-refractivity contribution in [3.05, 3.63) is 52.7 Å². The van der Waals surface area contributed by atoms with Crippen LogP contribution in [0.3, 0.4) is 0 Å². The Morgan fingerprint density at radius 2 is 1.87 bits per heavy atom. The molecule has 3 aliphatic rings. The number of carbonyl (C=O) groups is 3. The Hall–Kier alpha value is -3.56. The maximum absolute atomic E-state index is 13.3. The maximum atomic E-state index is 13.3. The van der Waals surface area contributed by atoms with Gasteiger partial charge in [0.15, 0.2) is 5.78 Å². The minimum atomic E-state index is -1.14. The van der Waals surface area contributed by atoms with Crippen LogP contribution in [0, 0.1) is 18.8 Å². The van der Waals surface area contributed by atoms with Gasteiger partial charge in [-0.3, -0.25) is 14.4 Å². The fraction of sp³-hybridized carbons (Fsp3) is 0.517. The number of halogens is 2. The quantitative estimate of drug-likeness (QED) is 0.393. The largest absolute Gasteiger partial charge is 0.376 e. The second kappa shape index (κ2) is 11.3. The lowest BCUT2D eigenvalue weighted by Gasteiger charge is -2.38. The summed E-state index contributed by atoms with van der Waals surface area (Å²) in [6, 6.07) is 5.77. The van der Waals surface area contributed by atoms with E-state index in [2.05, 4.69) is 20.5 Å². The average Bonchev–Trinajstić information content (AvgIpc) is 3.70. The van der Waals surface area contributed by atoms with Gasteiger partial charge in [-0.1, -0.05) is 0 Å². The molecule has 2 aliphatic carbocycles. The van der Waals surface area contributed by atoms with E-state index in [0.29, 0.717) is 22.6 Å². The Labute approximate surface area is 226 Å². The highest BCUT2D eigenvalue weighted by molar-refractivity contribution is 6.03. The summed E-state index contributed by atoms with van der Waals surface area (Å²) in [5.41, 5.74) is 7.23. The minimum absolute atomic E-state index is 0.0557. The normalized spacial score (nSPS) is 22.5. The Morgan fingerprint density at radius 3 is 2.51 bits per heavy atom. The third kappa shape index (κ3) is 5.74. The van der Waals surface area contributed by atoms with Crippen molar-refractivity contribution in [1.29, 1.82) is 0 Å². The summed E-state index contributed by atoms with van der Waals surface area (Å²) >= 11 is 0. The van der Waals surface area contributed by atoms with Crippen LogP contribution in [0.4, 0.5) is 20.3 Å². The van der Waals surface area contributed by atoms with Gasteiger partial charge in [0, 0.05) is 47.6 Å². The van der Waals surface area contributed by atoms with Crippen molar-refractivity contribution in [2.24, 2.45) is 17.6 Å². The maximum Gasteiger partial charge on any atom is 0.251 e. The summed E-state index contributed by atoms with van der Waals surface area (Å²) in [6.07, 6.45) is 7.31. The van der Waals surface area contributed by atoms with Crippen LogP contribution >= 0.6 is 0 Å². The van der Waals surface area contributed by atoms with E-state index in [1.165, 1.54) is 12.1 Å². The number of hydrogen-bond donors (Lipinski definition) is 3. The lowest BCUT2D eigenvalue weighted by molar-refractivity contribution is 0.0933. The second-order valence-electron chi connectivity index (χ2n) is 11.1. The van der Waals surface area contributed by atoms with Crippen molar-refractivity contribution in [2.75, 3.05) is 30.1 Å². The lowest BCUT2D eigenvalue weighted by atomic mass is 9.92. The highest BCUT2D eigenvalue weighted by Gasteiger charge is 2.41. The molecule has 0 radical (unpaired) electrons. The molecule has 5 rings (SSSR count). The number of hydrogen-bond acceptors (Lipinski definition) is 6. The highest BCUT2D eigenvalue weighted by atomic mass is 19.1. The van der Waals surface area contributed by atoms with Gasteiger partial charge in [-0.2, -0.15) is 0 Å². The Morgan fingerprint density at radius 1 is 1.10 bits per heavy atom. The molecule has 1 saturated heterocycles. The standard InChI is InChI=1S/C29H35F2N5O3/c1-16-9-23(28(32)38)24(34-21(13-30)14-31)12-22(16)29(39)35-20-10-18-3-2-8-36(25(18)11-20)26-7-6-19(15-33-26)27(37)17-4-5-17/h6-7,9,12,15,17-18,20-21,25,34H,2-5,8,10-11,13-14H2,1H3,(H2,32,38)(H,35,39). The third-order valence-corrected chi connectivity index (χ3v) is 8.25. The number of pyridine rings is 1. The number of rotatable bonds is 10. The minimum Gasteiger partial charge on any atom is -0.376 e. The summed E-state index contributed by atoms with van der Waals surface area (Å²) in [5, 5.41) is 5.81. The zero-order valence-electron chi connectivity index (χ0n) is 22.1. The van der Waals surface area contributed by atoms with E-state index in [1.54, 1.807) is 13.1 Å². The SMILES string of the molecule is Cc1cc(C(N)=O)c(NC(CF)CF)cc1C(=O)NC1CC2CCCN(c3ccc(C(=O)C4CC4)cn3)C2C1. The van der Waals surface area contributed by atoms with E-state index in [0.717, 1.165) is 50.9 Å². The number of aromatic nitrogens is 1. The predicted molar refractivity (Wildman–Crippen MR) is 145 cm³/mol. The molecule has 8 nitrogen and oxygen atoms in total. The first kappa shape index (κ1) is 27.0. The number of carbonyl (C=O) groups excluding carboxylic acids is 3. The second-order valence-corrected chi connectivity index (χ2v) is 11.1. The van der Waals surface area contributed by atoms with Gasteiger partial charge in [-0.05, 0) is 81.2 Å². The third-order valence-electron chi connectivity index (χ3n) is 8.25. The number of anilines is 2. The van der Waals surface area contributed by atoms with Gasteiger partial charge in [-0.25, -0.2) is 13.8 Å². The van der Waals surface area contributed by atoms with Crippen molar-refractivity contribution in [3.63, 3.8) is 0 Å². The van der Waals surface area contributed by atoms with Crippen LogP contribution < -0.4 is 21.3 Å². The van der Waals surface area contributed by atoms with Gasteiger partial charge in [0.1, 0.15) is 19.2 Å². The van der Waals surface area contributed by atoms with Crippen LogP contribution in [-0.4, -0.2) is 60.6 Å². The van der Waals surface area contributed by atoms with Crippen molar-refractivity contribution >= 4 is 29.1 Å². The molecule has 1 aliphatic heterocycles. The molecule has 208 valence electrons. The van der Waals surface area contributed by atoms with Crippen LogP contribution in [-0.2, 0) is 0 Å². The zero-order chi connectivity index (χ0) is 27.7. The summed E-state index contributed by atoms with van der Waals surface area (Å²) < 4.78 is 26.3. The number of primary amides is 1. The molecular formula is C29H35F2N5O3. The molecule has 10 heteroatoms. The van der Waals surface area contributed by atoms with Crippen LogP contribution in [0.2, 0.25) is 0 Å². The topological polar surface area (TPSA) is 117 Å². The number of aryl methyl sites for hydroxylation is 1. The molecule has 4 N–H and O–H groups in total. The first-order valence-corrected chi connectivity index (χ1v) is 13.7. The van der Waals surface area contributed by atoms with Gasteiger partial charge in [-0.15, -0.1) is 0 Å². The number of benzene rings is 1. The molecule has 3 atom stereocenters. The van der Waals surface area contributed by atoms with E-state index >= 15 is 0 Å². The van der Waals surface area contributed by atoms with Crippen molar-refractivity contribution < 1.29 is 23.2 Å². The van der Waals surface area contributed by atoms with Gasteiger partial charge in [0.25, 0.3) is 11.8 Å². The summed E-state index contributed by atoms with van der Waals surface area (Å²) in [7, 11) is 0. The molecule has 1 aromatic heterocycles. The first-order chi connectivity index (χ1) is 18.8. The molecule has 3 unspecified atom stereocenters. The van der Waals surface area contributed by atoms with Crippen LogP contribution in [0.1, 0.15) is 75.2 Å². The molecule has 2 amide bonds. The highest BCUT2D eigenvalue weighted by Crippen LogP contribution is 2.39. The fourth-order valence-corrected chi connectivity index (χ4v) is 6.05. The molecule has 2 saturated carbocycles. The fourth-order valence-electron chi connectivity index (χ4n) is 6.05. The molecule has 2 aromatic rings. The summed E-state index contributed by atoms with van der Waals surface area (Å²) in [5.74, 6) is 0.545. The molecule has 0 spiro atoms. The van der Waals surface area contributed by atoms with E-state index in [1.807, 2.05) is 12.1 Å². The van der Waals surface area contributed by atoms with Crippen molar-refractivity contribution in [1.82, 2.24) is 10.3 Å². The van der Waals surface area contributed by atoms with Gasteiger partial charge in [0.05, 0.1) is 11.6 Å². The number of Topliss-reactive ketones (excluding diaryl/α,β-unsaturated/α-hetero) is 1. The van der Waals surface area contributed by atoms with Crippen LogP contribution in [0.25, 0.3) is 0 Å². The van der Waals surface area contributed by atoms with Crippen LogP contribution in [0.15, 0.2) is 30.5 Å². The summed E-state index contributed by atoms with van der Waals surface area (Å²) in [4.78, 5) is 44.6. The van der Waals surface area contributed by atoms with E-state index < -0.39 is 25.3 Å². The number of ketones is 1. The first-order valence-electron chi connectivity index (χ1n) is 13.7. The lowest BCUT2D eigenvalue weighted by Crippen LogP contribution is -2.43. The zero-order valence-corrected chi connectivity index (χ0v) is 22.1. The molecule has 3 fully saturated rings. The number of fused-ring (bicyclic) bond motifs is 1. The predicted octanol–water partition coefficient (Wildman–Crippen LogP) is 3.98. The Bertz CT molecular complexity index is 1250. The molecule has 1 aromatic carbocycles. The van der Waals surface area contributed by atoms with E-state index in [9.17, 15) is 23.2 Å². The van der Waals surface area contributed by atoms with Gasteiger partial charge in [0.2, 0.25) is 0 Å². The number of nitrogens with one attached hydrogen (secondary N) is 2. The number of piperidine rings is 1. The molecule has 2 heterocycles. The number of alkyl halides is 2. The van der Waals surface area contributed by atoms with E-state index in [4.69, 9.17) is 5.73 Å². The van der Waals surface area contributed by atoms with Crippen molar-refractivity contribution in [2.45, 2.75) is 63.6 Å².